The Bertz CT molecular complexity index is 820. The maximum absolute atomic E-state index is 12.4. The van der Waals surface area contributed by atoms with Gasteiger partial charge in [-0.25, -0.2) is 4.79 Å². The highest BCUT2D eigenvalue weighted by molar-refractivity contribution is 7.96. The molecule has 0 aliphatic rings. The second-order valence-corrected chi connectivity index (χ2v) is 9.80. The fourth-order valence-corrected chi connectivity index (χ4v) is 8.19. The number of carbonyl (C=O) groups is 2. The average Bonchev–Trinajstić information content (AvgIpc) is 2.70. The van der Waals surface area contributed by atoms with E-state index in [1.807, 2.05) is 91.0 Å². The Morgan fingerprint density at radius 3 is 1.25 bits per heavy atom. The first kappa shape index (κ1) is 21.8. The molecule has 0 amide bonds. The molecule has 0 saturated carbocycles. The molecule has 144 valence electrons. The van der Waals surface area contributed by atoms with Crippen molar-refractivity contribution in [3.05, 3.63) is 91.0 Å². The summed E-state index contributed by atoms with van der Waals surface area (Å²) >= 11 is 0. The molecular weight excluding hydrogens is 439 g/mol. The van der Waals surface area contributed by atoms with E-state index in [1.165, 1.54) is 0 Å². The van der Waals surface area contributed by atoms with E-state index >= 15 is 0 Å². The number of carboxylic acids is 2. The van der Waals surface area contributed by atoms with Gasteiger partial charge in [-0.1, -0.05) is 54.6 Å². The molecule has 0 heterocycles. The number of hydrogen-bond acceptors (Lipinski definition) is 2. The van der Waals surface area contributed by atoms with Gasteiger partial charge < -0.3 is 27.2 Å². The van der Waals surface area contributed by atoms with Crippen molar-refractivity contribution in [2.24, 2.45) is 0 Å². The monoisotopic (exact) mass is 458 g/mol. The lowest BCUT2D eigenvalue weighted by molar-refractivity contribution is -0.143. The van der Waals surface area contributed by atoms with E-state index in [9.17, 15) is 19.8 Å². The molecule has 0 fully saturated rings. The van der Waals surface area contributed by atoms with Crippen molar-refractivity contribution in [1.82, 2.24) is 0 Å². The van der Waals surface area contributed by atoms with Crippen LogP contribution in [0.3, 0.4) is 0 Å². The normalized spacial score (nSPS) is 11.9. The average molecular weight is 459 g/mol. The summed E-state index contributed by atoms with van der Waals surface area (Å²) < 4.78 is 0. The maximum atomic E-state index is 12.4. The largest absolute Gasteiger partial charge is 1.00 e. The van der Waals surface area contributed by atoms with Gasteiger partial charge in [-0.3, -0.25) is 4.79 Å². The van der Waals surface area contributed by atoms with Crippen LogP contribution in [0.5, 0.6) is 0 Å². The van der Waals surface area contributed by atoms with E-state index < -0.39 is 31.3 Å². The molecule has 0 bridgehead atoms. The van der Waals surface area contributed by atoms with E-state index in [1.54, 1.807) is 0 Å². The van der Waals surface area contributed by atoms with Crippen molar-refractivity contribution in [3.8, 4) is 0 Å². The maximum Gasteiger partial charge on any atom is 0.346 e. The first-order valence-electron chi connectivity index (χ1n) is 8.57. The van der Waals surface area contributed by atoms with Crippen molar-refractivity contribution in [1.29, 1.82) is 0 Å². The second-order valence-electron chi connectivity index (χ2n) is 6.18. The summed E-state index contributed by atoms with van der Waals surface area (Å²) in [5.74, 6) is -2.21. The summed E-state index contributed by atoms with van der Waals surface area (Å²) in [4.78, 5) is 24.0. The number of carboxylic acid groups (broad SMARTS) is 2. The Morgan fingerprint density at radius 1 is 0.679 bits per heavy atom. The fourth-order valence-electron chi connectivity index (χ4n) is 3.53. The van der Waals surface area contributed by atoms with Gasteiger partial charge in [0.2, 0.25) is 0 Å². The van der Waals surface area contributed by atoms with Crippen molar-refractivity contribution >= 4 is 35.1 Å². The lowest BCUT2D eigenvalue weighted by atomic mass is 10.3. The zero-order valence-electron chi connectivity index (χ0n) is 15.0. The standard InChI is InChI=1S/C22H19O4P.BrH/c23-21(24)16-20(22(25)26)27(17-10-4-1-5-11-17,18-12-6-2-7-13-18)19-14-8-3-9-15-19;/h1-15,20H,16H2,(H-,23,24,25,26);1H. The number of halogens is 1. The van der Waals surface area contributed by atoms with Crippen LogP contribution in [0.4, 0.5) is 0 Å². The molecule has 0 spiro atoms. The molecule has 0 radical (unpaired) electrons. The number of benzene rings is 3. The first-order chi connectivity index (χ1) is 13.1. The predicted octanol–water partition coefficient (Wildman–Crippen LogP) is -0.0876. The molecule has 0 aliphatic heterocycles. The topological polar surface area (TPSA) is 74.6 Å². The fraction of sp³-hybridized carbons (Fsp3) is 0.0909. The molecule has 3 rings (SSSR count). The Balaban J connectivity index is 0.00000280. The molecule has 3 aromatic carbocycles. The van der Waals surface area contributed by atoms with Crippen LogP contribution in [0.1, 0.15) is 6.42 Å². The van der Waals surface area contributed by atoms with Gasteiger partial charge in [0.15, 0.2) is 5.66 Å². The number of aliphatic carboxylic acids is 2. The highest BCUT2D eigenvalue weighted by Crippen LogP contribution is 2.60. The van der Waals surface area contributed by atoms with Crippen LogP contribution < -0.4 is 32.9 Å². The van der Waals surface area contributed by atoms with E-state index in [0.717, 1.165) is 15.9 Å². The van der Waals surface area contributed by atoms with Crippen molar-refractivity contribution in [2.75, 3.05) is 0 Å². The van der Waals surface area contributed by atoms with Crippen LogP contribution in [-0.4, -0.2) is 27.8 Å². The number of rotatable bonds is 7. The summed E-state index contributed by atoms with van der Waals surface area (Å²) in [5, 5.41) is 22.2. The lowest BCUT2D eigenvalue weighted by Crippen LogP contribution is -3.00. The van der Waals surface area contributed by atoms with Crippen molar-refractivity contribution < 1.29 is 36.8 Å². The van der Waals surface area contributed by atoms with Crippen LogP contribution in [0.15, 0.2) is 91.0 Å². The van der Waals surface area contributed by atoms with Gasteiger partial charge in [0.05, 0.1) is 6.42 Å². The molecule has 3 aromatic rings. The minimum Gasteiger partial charge on any atom is -1.00 e. The third kappa shape index (κ3) is 4.16. The molecule has 2 N–H and O–H groups in total. The van der Waals surface area contributed by atoms with Gasteiger partial charge >= 0.3 is 11.9 Å². The molecule has 6 heteroatoms. The van der Waals surface area contributed by atoms with E-state index in [4.69, 9.17) is 0 Å². The van der Waals surface area contributed by atoms with E-state index in [-0.39, 0.29) is 17.0 Å². The van der Waals surface area contributed by atoms with Crippen LogP contribution >= 0.6 is 7.26 Å². The van der Waals surface area contributed by atoms with Gasteiger partial charge in [-0.05, 0) is 36.4 Å². The van der Waals surface area contributed by atoms with Gasteiger partial charge in [0.1, 0.15) is 23.2 Å². The molecule has 0 aromatic heterocycles. The van der Waals surface area contributed by atoms with Crippen LogP contribution in [0, 0.1) is 0 Å². The molecule has 1 unspecified atom stereocenters. The Labute approximate surface area is 175 Å². The SMILES string of the molecule is O=C(O)CC(C(=O)O)[P+](c1ccccc1)(c1ccccc1)c1ccccc1.[Br-]. The lowest BCUT2D eigenvalue weighted by Gasteiger charge is -2.31. The summed E-state index contributed by atoms with van der Waals surface area (Å²) in [6.07, 6.45) is -0.443. The van der Waals surface area contributed by atoms with E-state index in [0.29, 0.717) is 0 Å². The van der Waals surface area contributed by atoms with Crippen molar-refractivity contribution in [3.63, 3.8) is 0 Å². The molecule has 28 heavy (non-hydrogen) atoms. The third-order valence-electron chi connectivity index (χ3n) is 4.61. The Hall–Kier alpha value is -2.49. The summed E-state index contributed by atoms with van der Waals surface area (Å²) in [7, 11) is -2.75. The van der Waals surface area contributed by atoms with Gasteiger partial charge in [0.25, 0.3) is 0 Å². The molecule has 1 atom stereocenters. The highest BCUT2D eigenvalue weighted by Gasteiger charge is 2.56. The van der Waals surface area contributed by atoms with Crippen LogP contribution in [-0.2, 0) is 9.59 Å². The van der Waals surface area contributed by atoms with Crippen LogP contribution in [0.2, 0.25) is 0 Å². The molecule has 4 nitrogen and oxygen atoms in total. The van der Waals surface area contributed by atoms with Gasteiger partial charge in [-0.15, -0.1) is 0 Å². The predicted molar refractivity (Wildman–Crippen MR) is 109 cm³/mol. The van der Waals surface area contributed by atoms with E-state index in [2.05, 4.69) is 0 Å². The molecule has 0 saturated heterocycles. The molecular formula is C22H20BrO4P. The zero-order valence-corrected chi connectivity index (χ0v) is 17.5. The van der Waals surface area contributed by atoms with Gasteiger partial charge in [0, 0.05) is 0 Å². The third-order valence-corrected chi connectivity index (χ3v) is 9.29. The Kier molecular flexibility index (Phi) is 7.50. The summed E-state index contributed by atoms with van der Waals surface area (Å²) in [5.41, 5.74) is -1.07. The quantitative estimate of drug-likeness (QED) is 0.485. The second kappa shape index (κ2) is 9.63. The van der Waals surface area contributed by atoms with Crippen LogP contribution in [0.25, 0.3) is 0 Å². The van der Waals surface area contributed by atoms with Crippen molar-refractivity contribution in [2.45, 2.75) is 12.1 Å². The summed E-state index contributed by atoms with van der Waals surface area (Å²) in [6.45, 7) is 0. The zero-order chi connectivity index (χ0) is 19.3. The highest BCUT2D eigenvalue weighted by atomic mass is 79.9. The summed E-state index contributed by atoms with van der Waals surface area (Å²) in [6, 6.07) is 28.3. The smallest absolute Gasteiger partial charge is 0.346 e. The Morgan fingerprint density at radius 2 is 1.00 bits per heavy atom. The minimum absolute atomic E-state index is 0. The number of hydrogen-bond donors (Lipinski definition) is 2. The first-order valence-corrected chi connectivity index (χ1v) is 10.4. The molecule has 0 aliphatic carbocycles. The minimum atomic E-state index is -2.75. The van der Waals surface area contributed by atoms with Gasteiger partial charge in [-0.2, -0.15) is 0 Å².